The summed E-state index contributed by atoms with van der Waals surface area (Å²) in [4.78, 5) is 29.0. The summed E-state index contributed by atoms with van der Waals surface area (Å²) in [6, 6.07) is 11.9. The second-order valence-electron chi connectivity index (χ2n) is 9.52. The molecular formula is C27H33BrN2O4. The molecule has 182 valence electrons. The monoisotopic (exact) mass is 528 g/mol. The summed E-state index contributed by atoms with van der Waals surface area (Å²) < 4.78 is 6.65. The van der Waals surface area contributed by atoms with Crippen molar-refractivity contribution in [3.05, 3.63) is 69.2 Å². The Labute approximate surface area is 210 Å². The number of aryl methyl sites for hydroxylation is 1. The van der Waals surface area contributed by atoms with Gasteiger partial charge in [0.2, 0.25) is 5.78 Å². The molecule has 1 aliphatic rings. The Kier molecular flexibility index (Phi) is 8.55. The third kappa shape index (κ3) is 5.88. The van der Waals surface area contributed by atoms with Crippen molar-refractivity contribution in [3.63, 3.8) is 0 Å². The van der Waals surface area contributed by atoms with Crippen molar-refractivity contribution in [2.45, 2.75) is 33.2 Å². The van der Waals surface area contributed by atoms with Gasteiger partial charge in [-0.1, -0.05) is 53.7 Å². The molecule has 0 bridgehead atoms. The van der Waals surface area contributed by atoms with Crippen LogP contribution in [0.4, 0.5) is 0 Å². The number of carbonyl (C=O) groups excluding carboxylic acids is 2. The van der Waals surface area contributed by atoms with Crippen molar-refractivity contribution in [1.29, 1.82) is 0 Å². The number of ether oxygens (including phenoxy) is 1. The molecule has 7 heteroatoms. The number of hydrogen-bond donors (Lipinski definition) is 1. The van der Waals surface area contributed by atoms with Gasteiger partial charge in [0.05, 0.1) is 33.3 Å². The maximum Gasteiger partial charge on any atom is 0.295 e. The Bertz CT molecular complexity index is 1090. The molecule has 2 aromatic carbocycles. The van der Waals surface area contributed by atoms with Gasteiger partial charge in [0, 0.05) is 23.0 Å². The first-order valence-electron chi connectivity index (χ1n) is 11.6. The lowest BCUT2D eigenvalue weighted by Gasteiger charge is -2.28. The molecule has 34 heavy (non-hydrogen) atoms. The van der Waals surface area contributed by atoms with Gasteiger partial charge < -0.3 is 19.6 Å². The number of nitrogens with zero attached hydrogens (tertiary/aromatic N) is 1. The second kappa shape index (κ2) is 11.2. The maximum absolute atomic E-state index is 13.6. The number of nitrogens with one attached hydrogen (secondary N) is 1. The molecule has 1 aliphatic heterocycles. The second-order valence-corrected chi connectivity index (χ2v) is 10.4. The SMILES string of the molecule is Cc1cc(C([O-])=C2C(=O)C(=O)N(CCC[NH+](C)C)C2c2cccc(Br)c2)ccc1OCC(C)C. The van der Waals surface area contributed by atoms with E-state index in [9.17, 15) is 14.7 Å². The number of quaternary nitrogens is 1. The van der Waals surface area contributed by atoms with Gasteiger partial charge in [-0.2, -0.15) is 0 Å². The standard InChI is InChI=1S/C27H33BrN2O4/c1-17(2)16-34-22-11-10-20(14-18(22)3)25(31)23-24(19-8-6-9-21(28)15-19)30(27(33)26(23)32)13-7-12-29(4)5/h6,8-11,14-15,17,24,31H,7,12-13,16H2,1-5H3. The van der Waals surface area contributed by atoms with Gasteiger partial charge in [-0.05, 0) is 53.8 Å². The first kappa shape index (κ1) is 26.0. The molecule has 1 heterocycles. The fourth-order valence-corrected chi connectivity index (χ4v) is 4.51. The van der Waals surface area contributed by atoms with Gasteiger partial charge in [0.15, 0.2) is 0 Å². The number of hydrogen-bond acceptors (Lipinski definition) is 4. The summed E-state index contributed by atoms with van der Waals surface area (Å²) in [7, 11) is 4.08. The normalized spacial score (nSPS) is 17.8. The molecule has 2 aromatic rings. The number of Topliss-reactive ketones (excluding diaryl/α,β-unsaturated/α-hetero) is 1. The van der Waals surface area contributed by atoms with E-state index < -0.39 is 23.5 Å². The first-order valence-corrected chi connectivity index (χ1v) is 12.4. The summed E-state index contributed by atoms with van der Waals surface area (Å²) in [5, 5.41) is 13.6. The van der Waals surface area contributed by atoms with Crippen LogP contribution in [-0.4, -0.2) is 50.4 Å². The van der Waals surface area contributed by atoms with E-state index in [1.807, 2.05) is 45.3 Å². The minimum absolute atomic E-state index is 0.00977. The van der Waals surface area contributed by atoms with Crippen LogP contribution in [0, 0.1) is 12.8 Å². The van der Waals surface area contributed by atoms with Gasteiger partial charge in [-0.3, -0.25) is 9.59 Å². The van der Waals surface area contributed by atoms with E-state index in [2.05, 4.69) is 29.8 Å². The van der Waals surface area contributed by atoms with Crippen molar-refractivity contribution in [3.8, 4) is 5.75 Å². The number of rotatable bonds is 9. The number of carbonyl (C=O) groups is 2. The topological polar surface area (TPSA) is 74.1 Å². The molecule has 0 aromatic heterocycles. The molecule has 0 saturated carbocycles. The zero-order valence-corrected chi connectivity index (χ0v) is 22.1. The van der Waals surface area contributed by atoms with Crippen molar-refractivity contribution in [2.75, 3.05) is 33.8 Å². The number of benzene rings is 2. The van der Waals surface area contributed by atoms with E-state index in [4.69, 9.17) is 4.74 Å². The lowest BCUT2D eigenvalue weighted by molar-refractivity contribution is -0.858. The number of halogens is 1. The van der Waals surface area contributed by atoms with Crippen LogP contribution < -0.4 is 14.7 Å². The Balaban J connectivity index is 2.04. The molecule has 1 saturated heterocycles. The smallest absolute Gasteiger partial charge is 0.295 e. The van der Waals surface area contributed by atoms with Crippen LogP contribution in [0.5, 0.6) is 5.75 Å². The highest BCUT2D eigenvalue weighted by Crippen LogP contribution is 2.39. The van der Waals surface area contributed by atoms with Crippen LogP contribution >= 0.6 is 15.9 Å². The summed E-state index contributed by atoms with van der Waals surface area (Å²) in [6.07, 6.45) is 0.730. The van der Waals surface area contributed by atoms with Crippen LogP contribution in [0.25, 0.3) is 5.76 Å². The van der Waals surface area contributed by atoms with E-state index in [-0.39, 0.29) is 5.57 Å². The van der Waals surface area contributed by atoms with E-state index >= 15 is 0 Å². The molecule has 1 unspecified atom stereocenters. The van der Waals surface area contributed by atoms with E-state index in [0.717, 1.165) is 28.6 Å². The third-order valence-corrected chi connectivity index (χ3v) is 6.27. The van der Waals surface area contributed by atoms with Gasteiger partial charge in [0.25, 0.3) is 5.91 Å². The molecular weight excluding hydrogens is 496 g/mol. The van der Waals surface area contributed by atoms with E-state index in [1.54, 1.807) is 23.1 Å². The zero-order chi connectivity index (χ0) is 25.0. The largest absolute Gasteiger partial charge is 0.872 e. The molecule has 1 amide bonds. The first-order chi connectivity index (χ1) is 16.1. The Morgan fingerprint density at radius 3 is 2.53 bits per heavy atom. The predicted octanol–water partition coefficient (Wildman–Crippen LogP) is 2.55. The Morgan fingerprint density at radius 1 is 1.18 bits per heavy atom. The van der Waals surface area contributed by atoms with Crippen molar-refractivity contribution in [1.82, 2.24) is 4.90 Å². The molecule has 1 atom stereocenters. The summed E-state index contributed by atoms with van der Waals surface area (Å²) in [6.45, 7) is 7.85. The van der Waals surface area contributed by atoms with Crippen molar-refractivity contribution >= 4 is 33.4 Å². The van der Waals surface area contributed by atoms with Crippen LogP contribution in [0.15, 0.2) is 52.5 Å². The van der Waals surface area contributed by atoms with Crippen LogP contribution in [0.1, 0.15) is 43.0 Å². The molecule has 6 nitrogen and oxygen atoms in total. The highest BCUT2D eigenvalue weighted by atomic mass is 79.9. The average molecular weight is 529 g/mol. The Morgan fingerprint density at radius 2 is 1.91 bits per heavy atom. The molecule has 1 fully saturated rings. The predicted molar refractivity (Wildman–Crippen MR) is 134 cm³/mol. The summed E-state index contributed by atoms with van der Waals surface area (Å²) in [5.41, 5.74) is 1.94. The highest BCUT2D eigenvalue weighted by molar-refractivity contribution is 9.10. The van der Waals surface area contributed by atoms with Crippen molar-refractivity contribution in [2.24, 2.45) is 5.92 Å². The lowest BCUT2D eigenvalue weighted by atomic mass is 9.94. The third-order valence-electron chi connectivity index (χ3n) is 5.78. The maximum atomic E-state index is 13.6. The molecule has 0 radical (unpaired) electrons. The minimum Gasteiger partial charge on any atom is -0.872 e. The number of amides is 1. The van der Waals surface area contributed by atoms with Crippen molar-refractivity contribution < 1.29 is 24.3 Å². The highest BCUT2D eigenvalue weighted by Gasteiger charge is 2.44. The number of likely N-dealkylation sites (tertiary alicyclic amines) is 1. The van der Waals surface area contributed by atoms with Gasteiger partial charge in [-0.25, -0.2) is 0 Å². The summed E-state index contributed by atoms with van der Waals surface area (Å²) >= 11 is 3.48. The van der Waals surface area contributed by atoms with E-state index in [1.165, 1.54) is 4.90 Å². The quantitative estimate of drug-likeness (QED) is 0.308. The van der Waals surface area contributed by atoms with Crippen LogP contribution in [0.3, 0.4) is 0 Å². The zero-order valence-electron chi connectivity index (χ0n) is 20.5. The molecule has 0 aliphatic carbocycles. The molecule has 1 N–H and O–H groups in total. The van der Waals surface area contributed by atoms with E-state index in [0.29, 0.717) is 30.4 Å². The fourth-order valence-electron chi connectivity index (χ4n) is 4.09. The van der Waals surface area contributed by atoms with Gasteiger partial charge in [0.1, 0.15) is 5.75 Å². The van der Waals surface area contributed by atoms with Crippen LogP contribution in [0.2, 0.25) is 0 Å². The summed E-state index contributed by atoms with van der Waals surface area (Å²) in [5.74, 6) is -0.659. The van der Waals surface area contributed by atoms with Crippen LogP contribution in [-0.2, 0) is 9.59 Å². The molecule has 0 spiro atoms. The average Bonchev–Trinajstić information content (AvgIpc) is 3.02. The molecule has 3 rings (SSSR count). The Hall–Kier alpha value is -2.64. The minimum atomic E-state index is -0.718. The fraction of sp³-hybridized carbons (Fsp3) is 0.407. The number of ketones is 1. The van der Waals surface area contributed by atoms with Gasteiger partial charge >= 0.3 is 0 Å². The van der Waals surface area contributed by atoms with Gasteiger partial charge in [-0.15, -0.1) is 0 Å². The lowest BCUT2D eigenvalue weighted by Crippen LogP contribution is -3.05.